The molecule has 1 amide bonds. The average molecular weight is 236 g/mol. The fourth-order valence-corrected chi connectivity index (χ4v) is 1.90. The first kappa shape index (κ1) is 12.2. The van der Waals surface area contributed by atoms with Gasteiger partial charge in [-0.2, -0.15) is 0 Å². The Bertz CT molecular complexity index is 286. The Morgan fingerprint density at radius 3 is 2.60 bits per heavy atom. The van der Waals surface area contributed by atoms with E-state index in [-0.39, 0.29) is 35.2 Å². The molecule has 0 aromatic carbocycles. The molecule has 0 bridgehead atoms. The van der Waals surface area contributed by atoms with Crippen LogP contribution >= 0.6 is 12.4 Å². The zero-order valence-corrected chi connectivity index (χ0v) is 8.98. The number of hydrogen-bond acceptors (Lipinski definition) is 4. The van der Waals surface area contributed by atoms with Gasteiger partial charge in [-0.3, -0.25) is 14.9 Å². The highest BCUT2D eigenvalue weighted by Gasteiger charge is 2.55. The summed E-state index contributed by atoms with van der Waals surface area (Å²) < 4.78 is 0. The summed E-state index contributed by atoms with van der Waals surface area (Å²) in [6.07, 6.45) is 1.21. The highest BCUT2D eigenvalue weighted by molar-refractivity contribution is 5.85. The third-order valence-electron chi connectivity index (χ3n) is 2.88. The van der Waals surface area contributed by atoms with Crippen molar-refractivity contribution < 1.29 is 9.72 Å². The molecule has 3 unspecified atom stereocenters. The van der Waals surface area contributed by atoms with E-state index >= 15 is 0 Å². The smallest absolute Gasteiger partial charge is 0.232 e. The SMILES string of the molecule is Cl.NC1CCN(C(=O)C2CC2[N+](=O)[O-])C1. The van der Waals surface area contributed by atoms with Crippen LogP contribution < -0.4 is 5.73 Å². The molecule has 1 aliphatic carbocycles. The molecule has 1 aliphatic heterocycles. The molecule has 2 aliphatic rings. The molecule has 0 aromatic heterocycles. The summed E-state index contributed by atoms with van der Waals surface area (Å²) in [7, 11) is 0. The molecule has 2 fully saturated rings. The number of likely N-dealkylation sites (tertiary alicyclic amines) is 1. The van der Waals surface area contributed by atoms with Crippen molar-refractivity contribution in [3.8, 4) is 0 Å². The van der Waals surface area contributed by atoms with Gasteiger partial charge in [0.25, 0.3) is 0 Å². The molecule has 1 saturated heterocycles. The van der Waals surface area contributed by atoms with E-state index in [1.54, 1.807) is 4.90 Å². The van der Waals surface area contributed by atoms with Crippen LogP contribution in [0.4, 0.5) is 0 Å². The molecule has 15 heavy (non-hydrogen) atoms. The molecular formula is C8H14ClN3O3. The van der Waals surface area contributed by atoms with Crippen LogP contribution in [0.1, 0.15) is 12.8 Å². The first-order valence-electron chi connectivity index (χ1n) is 4.77. The maximum atomic E-state index is 11.6. The first-order valence-corrected chi connectivity index (χ1v) is 4.77. The second-order valence-electron chi connectivity index (χ2n) is 4.03. The molecule has 2 N–H and O–H groups in total. The molecule has 1 heterocycles. The first-order chi connectivity index (χ1) is 6.59. The predicted molar refractivity (Wildman–Crippen MR) is 55.3 cm³/mol. The van der Waals surface area contributed by atoms with E-state index in [1.165, 1.54) is 0 Å². The number of carbonyl (C=O) groups is 1. The lowest BCUT2D eigenvalue weighted by Gasteiger charge is -2.14. The van der Waals surface area contributed by atoms with Crippen LogP contribution in [-0.4, -0.2) is 40.9 Å². The Morgan fingerprint density at radius 1 is 1.53 bits per heavy atom. The Morgan fingerprint density at radius 2 is 2.20 bits per heavy atom. The van der Waals surface area contributed by atoms with Crippen LogP contribution in [0.3, 0.4) is 0 Å². The normalized spacial score (nSPS) is 33.4. The third-order valence-corrected chi connectivity index (χ3v) is 2.88. The number of nitrogens with two attached hydrogens (primary N) is 1. The molecule has 0 spiro atoms. The summed E-state index contributed by atoms with van der Waals surface area (Å²) in [5.41, 5.74) is 5.65. The van der Waals surface area contributed by atoms with Gasteiger partial charge in [-0.25, -0.2) is 0 Å². The van der Waals surface area contributed by atoms with Gasteiger partial charge in [0.15, 0.2) is 0 Å². The number of nitrogens with zero attached hydrogens (tertiary/aromatic N) is 2. The average Bonchev–Trinajstić information content (AvgIpc) is 2.82. The lowest BCUT2D eigenvalue weighted by atomic mass is 10.3. The quantitative estimate of drug-likeness (QED) is 0.523. The largest absolute Gasteiger partial charge is 0.341 e. The summed E-state index contributed by atoms with van der Waals surface area (Å²) >= 11 is 0. The summed E-state index contributed by atoms with van der Waals surface area (Å²) in [6, 6.07) is -0.592. The molecule has 0 radical (unpaired) electrons. The van der Waals surface area contributed by atoms with Gasteiger partial charge in [0, 0.05) is 30.5 Å². The van der Waals surface area contributed by atoms with Crippen molar-refractivity contribution in [1.29, 1.82) is 0 Å². The van der Waals surface area contributed by atoms with Crippen molar-refractivity contribution in [3.05, 3.63) is 10.1 Å². The van der Waals surface area contributed by atoms with Crippen LogP contribution in [0.2, 0.25) is 0 Å². The maximum Gasteiger partial charge on any atom is 0.232 e. The van der Waals surface area contributed by atoms with E-state index in [1.807, 2.05) is 0 Å². The Kier molecular flexibility index (Phi) is 3.51. The lowest BCUT2D eigenvalue weighted by molar-refractivity contribution is -0.497. The summed E-state index contributed by atoms with van der Waals surface area (Å²) in [5, 5.41) is 10.4. The minimum atomic E-state index is -0.640. The van der Waals surface area contributed by atoms with Crippen LogP contribution in [0, 0.1) is 16.0 Å². The zero-order valence-electron chi connectivity index (χ0n) is 8.17. The maximum absolute atomic E-state index is 11.6. The van der Waals surface area contributed by atoms with Gasteiger partial charge in [-0.1, -0.05) is 0 Å². The Balaban J connectivity index is 0.00000112. The molecule has 6 nitrogen and oxygen atoms in total. The minimum Gasteiger partial charge on any atom is -0.341 e. The van der Waals surface area contributed by atoms with E-state index in [2.05, 4.69) is 0 Å². The third kappa shape index (κ3) is 2.38. The molecule has 7 heteroatoms. The van der Waals surface area contributed by atoms with Gasteiger partial charge < -0.3 is 10.6 Å². The van der Waals surface area contributed by atoms with Gasteiger partial charge >= 0.3 is 0 Å². The van der Waals surface area contributed by atoms with Crippen LogP contribution in [-0.2, 0) is 4.79 Å². The van der Waals surface area contributed by atoms with Crippen LogP contribution in [0.5, 0.6) is 0 Å². The van der Waals surface area contributed by atoms with Gasteiger partial charge in [-0.15, -0.1) is 12.4 Å². The van der Waals surface area contributed by atoms with Crippen molar-refractivity contribution in [1.82, 2.24) is 4.90 Å². The highest BCUT2D eigenvalue weighted by Crippen LogP contribution is 2.35. The minimum absolute atomic E-state index is 0. The van der Waals surface area contributed by atoms with Crippen LogP contribution in [0.15, 0.2) is 0 Å². The van der Waals surface area contributed by atoms with Gasteiger partial charge in [0.1, 0.15) is 5.92 Å². The van der Waals surface area contributed by atoms with E-state index < -0.39 is 6.04 Å². The number of nitro groups is 1. The number of hydrogen-bond donors (Lipinski definition) is 1. The van der Waals surface area contributed by atoms with E-state index in [4.69, 9.17) is 5.73 Å². The fourth-order valence-electron chi connectivity index (χ4n) is 1.90. The van der Waals surface area contributed by atoms with E-state index in [0.29, 0.717) is 19.5 Å². The second kappa shape index (κ2) is 4.32. The van der Waals surface area contributed by atoms with E-state index in [9.17, 15) is 14.9 Å². The molecule has 0 aromatic rings. The second-order valence-corrected chi connectivity index (χ2v) is 4.03. The van der Waals surface area contributed by atoms with E-state index in [0.717, 1.165) is 6.42 Å². The molecule has 86 valence electrons. The molecule has 1 saturated carbocycles. The molecule has 3 atom stereocenters. The van der Waals surface area contributed by atoms with Crippen molar-refractivity contribution >= 4 is 18.3 Å². The summed E-state index contributed by atoms with van der Waals surface area (Å²) in [4.78, 5) is 23.3. The Hall–Kier alpha value is -0.880. The van der Waals surface area contributed by atoms with Crippen molar-refractivity contribution in [2.75, 3.05) is 13.1 Å². The van der Waals surface area contributed by atoms with Gasteiger partial charge in [0.05, 0.1) is 0 Å². The zero-order chi connectivity index (χ0) is 10.3. The van der Waals surface area contributed by atoms with Crippen molar-refractivity contribution in [3.63, 3.8) is 0 Å². The Labute approximate surface area is 93.3 Å². The standard InChI is InChI=1S/C8H13N3O3.ClH/c9-5-1-2-10(4-5)8(12)6-3-7(6)11(13)14;/h5-7H,1-4,9H2;1H. The van der Waals surface area contributed by atoms with Crippen molar-refractivity contribution in [2.45, 2.75) is 24.9 Å². The number of amides is 1. The van der Waals surface area contributed by atoms with Gasteiger partial charge in [0.2, 0.25) is 11.9 Å². The predicted octanol–water partition coefficient (Wildman–Crippen LogP) is -0.367. The lowest BCUT2D eigenvalue weighted by Crippen LogP contribution is -2.34. The molecular weight excluding hydrogens is 222 g/mol. The number of carbonyl (C=O) groups excluding carboxylic acids is 1. The van der Waals surface area contributed by atoms with Crippen molar-refractivity contribution in [2.24, 2.45) is 11.7 Å². The van der Waals surface area contributed by atoms with Gasteiger partial charge in [-0.05, 0) is 6.42 Å². The topological polar surface area (TPSA) is 89.5 Å². The monoisotopic (exact) mass is 235 g/mol. The number of rotatable bonds is 2. The van der Waals surface area contributed by atoms with Crippen LogP contribution in [0.25, 0.3) is 0 Å². The molecule has 2 rings (SSSR count). The fraction of sp³-hybridized carbons (Fsp3) is 0.875. The summed E-state index contributed by atoms with van der Waals surface area (Å²) in [6.45, 7) is 1.21. The number of halogens is 1. The highest BCUT2D eigenvalue weighted by atomic mass is 35.5. The summed E-state index contributed by atoms with van der Waals surface area (Å²) in [5.74, 6) is -0.463.